The van der Waals surface area contributed by atoms with Gasteiger partial charge in [-0.3, -0.25) is 0 Å². The van der Waals surface area contributed by atoms with Crippen LogP contribution < -0.4 is 10.4 Å². The summed E-state index contributed by atoms with van der Waals surface area (Å²) in [7, 11) is -2.14. The van der Waals surface area contributed by atoms with Crippen LogP contribution in [0.25, 0.3) is 0 Å². The number of hydrogen-bond donors (Lipinski definition) is 2. The molecule has 2 aromatic rings. The molecular formula is C16H16O4Si. The van der Waals surface area contributed by atoms with Crippen molar-refractivity contribution in [2.75, 3.05) is 0 Å². The topological polar surface area (TPSA) is 74.6 Å². The quantitative estimate of drug-likeness (QED) is 0.846. The molecule has 0 aromatic heterocycles. The summed E-state index contributed by atoms with van der Waals surface area (Å²) in [4.78, 5) is 22.2. The molecule has 2 aromatic carbocycles. The predicted molar refractivity (Wildman–Crippen MR) is 83.6 cm³/mol. The van der Waals surface area contributed by atoms with E-state index >= 15 is 0 Å². The van der Waals surface area contributed by atoms with Crippen molar-refractivity contribution in [2.24, 2.45) is 0 Å². The fraction of sp³-hybridized carbons (Fsp3) is 0.125. The van der Waals surface area contributed by atoms with Crippen molar-refractivity contribution in [2.45, 2.75) is 13.1 Å². The minimum Gasteiger partial charge on any atom is -0.478 e. The minimum atomic E-state index is -2.14. The normalized spacial score (nSPS) is 11.1. The van der Waals surface area contributed by atoms with Gasteiger partial charge in [-0.25, -0.2) is 9.59 Å². The Balaban J connectivity index is 2.50. The predicted octanol–water partition coefficient (Wildman–Crippen LogP) is 1.91. The zero-order valence-corrected chi connectivity index (χ0v) is 12.8. The second kappa shape index (κ2) is 5.53. The maximum atomic E-state index is 11.1. The highest BCUT2D eigenvalue weighted by Crippen LogP contribution is 2.09. The van der Waals surface area contributed by atoms with Crippen LogP contribution in [-0.2, 0) is 0 Å². The summed E-state index contributed by atoms with van der Waals surface area (Å²) >= 11 is 0. The van der Waals surface area contributed by atoms with Crippen LogP contribution in [0.2, 0.25) is 13.1 Å². The molecule has 0 amide bonds. The van der Waals surface area contributed by atoms with Gasteiger partial charge in [0.15, 0.2) is 0 Å². The number of benzene rings is 2. The molecule has 2 rings (SSSR count). The first-order chi connectivity index (χ1) is 9.82. The SMILES string of the molecule is C[Si](C)(c1cccc(C(=O)O)c1)c1cccc(C(=O)O)c1. The lowest BCUT2D eigenvalue weighted by Gasteiger charge is -2.24. The Morgan fingerprint density at radius 2 is 1.19 bits per heavy atom. The molecule has 0 spiro atoms. The summed E-state index contributed by atoms with van der Waals surface area (Å²) in [5.41, 5.74) is 0.505. The molecule has 0 saturated heterocycles. The summed E-state index contributed by atoms with van der Waals surface area (Å²) < 4.78 is 0. The number of carboxylic acid groups (broad SMARTS) is 2. The van der Waals surface area contributed by atoms with E-state index in [1.54, 1.807) is 36.4 Å². The van der Waals surface area contributed by atoms with E-state index in [0.717, 1.165) is 10.4 Å². The first kappa shape index (κ1) is 15.0. The number of carboxylic acids is 2. The molecule has 0 atom stereocenters. The molecule has 0 unspecified atom stereocenters. The highest BCUT2D eigenvalue weighted by molar-refractivity contribution is 7.00. The van der Waals surface area contributed by atoms with E-state index in [4.69, 9.17) is 10.2 Å². The van der Waals surface area contributed by atoms with E-state index in [1.807, 2.05) is 12.1 Å². The highest BCUT2D eigenvalue weighted by atomic mass is 28.3. The lowest BCUT2D eigenvalue weighted by Crippen LogP contribution is -2.53. The van der Waals surface area contributed by atoms with E-state index in [9.17, 15) is 9.59 Å². The van der Waals surface area contributed by atoms with Gasteiger partial charge in [0.2, 0.25) is 0 Å². The van der Waals surface area contributed by atoms with E-state index in [0.29, 0.717) is 0 Å². The molecule has 21 heavy (non-hydrogen) atoms. The number of rotatable bonds is 4. The molecule has 0 aliphatic carbocycles. The van der Waals surface area contributed by atoms with Gasteiger partial charge in [0.05, 0.1) is 11.1 Å². The molecule has 0 fully saturated rings. The Hall–Kier alpha value is -2.40. The van der Waals surface area contributed by atoms with Gasteiger partial charge in [0.1, 0.15) is 8.07 Å². The third-order valence-corrected chi connectivity index (χ3v) is 7.17. The van der Waals surface area contributed by atoms with Crippen molar-refractivity contribution in [1.29, 1.82) is 0 Å². The van der Waals surface area contributed by atoms with Gasteiger partial charge in [-0.05, 0) is 24.3 Å². The van der Waals surface area contributed by atoms with Crippen LogP contribution in [0.3, 0.4) is 0 Å². The number of hydrogen-bond acceptors (Lipinski definition) is 2. The molecule has 0 aliphatic heterocycles. The molecule has 108 valence electrons. The summed E-state index contributed by atoms with van der Waals surface area (Å²) in [6.07, 6.45) is 0. The van der Waals surface area contributed by atoms with Crippen molar-refractivity contribution in [3.8, 4) is 0 Å². The van der Waals surface area contributed by atoms with Crippen LogP contribution in [-0.4, -0.2) is 30.2 Å². The summed E-state index contributed by atoms with van der Waals surface area (Å²) in [6, 6.07) is 13.8. The second-order valence-electron chi connectivity index (χ2n) is 5.40. The van der Waals surface area contributed by atoms with Gasteiger partial charge < -0.3 is 10.2 Å². The largest absolute Gasteiger partial charge is 0.478 e. The Bertz CT molecular complexity index is 647. The van der Waals surface area contributed by atoms with Crippen molar-refractivity contribution in [3.63, 3.8) is 0 Å². The first-order valence-electron chi connectivity index (χ1n) is 6.50. The van der Waals surface area contributed by atoms with Crippen molar-refractivity contribution < 1.29 is 19.8 Å². The molecule has 0 bridgehead atoms. The fourth-order valence-electron chi connectivity index (χ4n) is 2.25. The Labute approximate surface area is 123 Å². The molecule has 0 heterocycles. The standard InChI is InChI=1S/C16H16O4Si/c1-21(2,13-7-3-5-11(9-13)15(17)18)14-8-4-6-12(10-14)16(19)20/h3-10H,1-2H3,(H,17,18)(H,19,20). The third-order valence-electron chi connectivity index (χ3n) is 3.66. The average Bonchev–Trinajstić information content (AvgIpc) is 2.47. The van der Waals surface area contributed by atoms with E-state index in [1.165, 1.54) is 0 Å². The molecule has 0 aliphatic rings. The Morgan fingerprint density at radius 3 is 1.52 bits per heavy atom. The highest BCUT2D eigenvalue weighted by Gasteiger charge is 2.27. The van der Waals surface area contributed by atoms with Gasteiger partial charge in [-0.2, -0.15) is 0 Å². The fourth-order valence-corrected chi connectivity index (χ4v) is 4.64. The molecule has 5 heteroatoms. The zero-order valence-electron chi connectivity index (χ0n) is 11.8. The minimum absolute atomic E-state index is 0.252. The summed E-state index contributed by atoms with van der Waals surface area (Å²) in [5, 5.41) is 20.1. The van der Waals surface area contributed by atoms with Crippen LogP contribution in [0, 0.1) is 0 Å². The summed E-state index contributed by atoms with van der Waals surface area (Å²) in [5.74, 6) is -1.91. The van der Waals surface area contributed by atoms with Crippen molar-refractivity contribution >= 4 is 30.4 Å². The average molecular weight is 300 g/mol. The van der Waals surface area contributed by atoms with Gasteiger partial charge in [-0.1, -0.05) is 47.7 Å². The first-order valence-corrected chi connectivity index (χ1v) is 9.50. The maximum absolute atomic E-state index is 11.1. The van der Waals surface area contributed by atoms with Crippen molar-refractivity contribution in [3.05, 3.63) is 59.7 Å². The van der Waals surface area contributed by atoms with Crippen LogP contribution >= 0.6 is 0 Å². The zero-order chi connectivity index (χ0) is 15.6. The Morgan fingerprint density at radius 1 is 0.810 bits per heavy atom. The lowest BCUT2D eigenvalue weighted by atomic mass is 10.2. The van der Waals surface area contributed by atoms with Gasteiger partial charge in [0, 0.05) is 0 Å². The van der Waals surface area contributed by atoms with Gasteiger partial charge in [0.25, 0.3) is 0 Å². The van der Waals surface area contributed by atoms with Crippen LogP contribution in [0.4, 0.5) is 0 Å². The van der Waals surface area contributed by atoms with Gasteiger partial charge >= 0.3 is 11.9 Å². The number of carbonyl (C=O) groups is 2. The number of aromatic carboxylic acids is 2. The molecule has 0 radical (unpaired) electrons. The van der Waals surface area contributed by atoms with Crippen LogP contribution in [0.15, 0.2) is 48.5 Å². The second-order valence-corrected chi connectivity index (χ2v) is 9.80. The smallest absolute Gasteiger partial charge is 0.335 e. The molecular weight excluding hydrogens is 284 g/mol. The van der Waals surface area contributed by atoms with E-state index < -0.39 is 20.0 Å². The molecule has 2 N–H and O–H groups in total. The van der Waals surface area contributed by atoms with Crippen LogP contribution in [0.1, 0.15) is 20.7 Å². The Kier molecular flexibility index (Phi) is 3.95. The van der Waals surface area contributed by atoms with Gasteiger partial charge in [-0.15, -0.1) is 0 Å². The molecule has 4 nitrogen and oxygen atoms in total. The summed E-state index contributed by atoms with van der Waals surface area (Å²) in [6.45, 7) is 4.16. The third kappa shape index (κ3) is 3.03. The lowest BCUT2D eigenvalue weighted by molar-refractivity contribution is 0.0686. The maximum Gasteiger partial charge on any atom is 0.335 e. The van der Waals surface area contributed by atoms with Crippen molar-refractivity contribution in [1.82, 2.24) is 0 Å². The monoisotopic (exact) mass is 300 g/mol. The van der Waals surface area contributed by atoms with Crippen LogP contribution in [0.5, 0.6) is 0 Å². The van der Waals surface area contributed by atoms with E-state index in [-0.39, 0.29) is 11.1 Å². The van der Waals surface area contributed by atoms with E-state index in [2.05, 4.69) is 13.1 Å². The molecule has 0 saturated carbocycles.